The number of carbonyl (C=O) groups excluding carboxylic acids is 3. The predicted molar refractivity (Wildman–Crippen MR) is 99.9 cm³/mol. The lowest BCUT2D eigenvalue weighted by Gasteiger charge is -2.11. The Morgan fingerprint density at radius 3 is 2.48 bits per heavy atom. The van der Waals surface area contributed by atoms with Gasteiger partial charge in [0.05, 0.1) is 17.2 Å². The Hall–Kier alpha value is -2.77. The highest BCUT2D eigenvalue weighted by Gasteiger charge is 2.12. The van der Waals surface area contributed by atoms with Gasteiger partial charge in [-0.25, -0.2) is 4.79 Å². The summed E-state index contributed by atoms with van der Waals surface area (Å²) in [5, 5.41) is 3.16. The van der Waals surface area contributed by atoms with Crippen LogP contribution in [0.4, 0.5) is 5.69 Å². The first-order valence-electron chi connectivity index (χ1n) is 7.59. The molecule has 1 amide bonds. The number of hydrogen-bond donors (Lipinski definition) is 1. The van der Waals surface area contributed by atoms with E-state index < -0.39 is 25.1 Å². The zero-order valence-corrected chi connectivity index (χ0v) is 15.7. The summed E-state index contributed by atoms with van der Waals surface area (Å²) in [6, 6.07) is 9.04. The van der Waals surface area contributed by atoms with Crippen LogP contribution in [0.15, 0.2) is 36.4 Å². The summed E-state index contributed by atoms with van der Waals surface area (Å²) < 4.78 is 15.2. The second-order valence-corrected chi connectivity index (χ2v) is 5.97. The molecule has 0 saturated heterocycles. The van der Waals surface area contributed by atoms with E-state index in [1.54, 1.807) is 6.07 Å². The van der Waals surface area contributed by atoms with Gasteiger partial charge in [0.2, 0.25) is 0 Å². The first-order valence-corrected chi connectivity index (χ1v) is 8.35. The fourth-order valence-corrected chi connectivity index (χ4v) is 2.27. The average Bonchev–Trinajstić information content (AvgIpc) is 2.67. The highest BCUT2D eigenvalue weighted by Crippen LogP contribution is 2.27. The Bertz CT molecular complexity index is 856. The molecule has 0 bridgehead atoms. The lowest BCUT2D eigenvalue weighted by Crippen LogP contribution is -2.23. The number of aldehydes is 1. The van der Waals surface area contributed by atoms with Gasteiger partial charge in [-0.05, 0) is 36.4 Å². The minimum absolute atomic E-state index is 0.264. The molecule has 2 aromatic carbocycles. The molecule has 2 rings (SSSR count). The number of benzene rings is 2. The van der Waals surface area contributed by atoms with Crippen LogP contribution in [0.2, 0.25) is 10.0 Å². The van der Waals surface area contributed by atoms with Crippen molar-refractivity contribution in [2.24, 2.45) is 0 Å². The van der Waals surface area contributed by atoms with Crippen molar-refractivity contribution < 1.29 is 28.6 Å². The quantitative estimate of drug-likeness (QED) is 0.528. The van der Waals surface area contributed by atoms with Crippen molar-refractivity contribution in [1.82, 2.24) is 0 Å². The average molecular weight is 412 g/mol. The summed E-state index contributed by atoms with van der Waals surface area (Å²) in [5.74, 6) is -0.736. The van der Waals surface area contributed by atoms with Gasteiger partial charge in [-0.3, -0.25) is 9.59 Å². The molecule has 0 saturated carbocycles. The van der Waals surface area contributed by atoms with Gasteiger partial charge >= 0.3 is 5.97 Å². The molecule has 1 N–H and O–H groups in total. The van der Waals surface area contributed by atoms with Gasteiger partial charge in [0.1, 0.15) is 6.29 Å². The fourth-order valence-electron chi connectivity index (χ4n) is 1.97. The number of halogens is 2. The van der Waals surface area contributed by atoms with E-state index in [-0.39, 0.29) is 10.8 Å². The first-order chi connectivity index (χ1) is 12.9. The molecular formula is C18H15Cl2NO6. The Morgan fingerprint density at radius 2 is 1.81 bits per heavy atom. The van der Waals surface area contributed by atoms with E-state index in [4.69, 9.17) is 37.4 Å². The van der Waals surface area contributed by atoms with Gasteiger partial charge < -0.3 is 19.5 Å². The highest BCUT2D eigenvalue weighted by molar-refractivity contribution is 6.42. The van der Waals surface area contributed by atoms with Gasteiger partial charge in [-0.15, -0.1) is 0 Å². The maximum Gasteiger partial charge on any atom is 0.344 e. The van der Waals surface area contributed by atoms with Crippen molar-refractivity contribution >= 4 is 47.1 Å². The van der Waals surface area contributed by atoms with Crippen molar-refractivity contribution in [3.63, 3.8) is 0 Å². The third kappa shape index (κ3) is 6.16. The Kier molecular flexibility index (Phi) is 7.45. The van der Waals surface area contributed by atoms with Crippen LogP contribution in [0, 0.1) is 0 Å². The fraction of sp³-hybridized carbons (Fsp3) is 0.167. The van der Waals surface area contributed by atoms with Crippen LogP contribution in [-0.4, -0.2) is 38.5 Å². The van der Waals surface area contributed by atoms with Crippen LogP contribution >= 0.6 is 23.2 Å². The van der Waals surface area contributed by atoms with Crippen LogP contribution in [-0.2, 0) is 14.3 Å². The minimum Gasteiger partial charge on any atom is -0.493 e. The van der Waals surface area contributed by atoms with E-state index in [2.05, 4.69) is 5.32 Å². The maximum atomic E-state index is 11.8. The molecule has 0 fully saturated rings. The minimum atomic E-state index is -0.749. The lowest BCUT2D eigenvalue weighted by atomic mass is 10.2. The van der Waals surface area contributed by atoms with E-state index in [0.717, 1.165) is 0 Å². The molecule has 0 aliphatic carbocycles. The number of methoxy groups -OCH3 is 1. The number of carbonyl (C=O) groups is 3. The number of nitrogens with one attached hydrogen (secondary N) is 1. The van der Waals surface area contributed by atoms with Crippen LogP contribution in [0.25, 0.3) is 0 Å². The van der Waals surface area contributed by atoms with Crippen LogP contribution in [0.5, 0.6) is 11.5 Å². The van der Waals surface area contributed by atoms with E-state index in [9.17, 15) is 14.4 Å². The summed E-state index contributed by atoms with van der Waals surface area (Å²) >= 11 is 11.6. The van der Waals surface area contributed by atoms with Crippen LogP contribution < -0.4 is 14.8 Å². The monoisotopic (exact) mass is 411 g/mol. The molecule has 27 heavy (non-hydrogen) atoms. The predicted octanol–water partition coefficient (Wildman–Crippen LogP) is 3.38. The smallest absolute Gasteiger partial charge is 0.344 e. The maximum absolute atomic E-state index is 11.8. The van der Waals surface area contributed by atoms with Crippen LogP contribution in [0.3, 0.4) is 0 Å². The van der Waals surface area contributed by atoms with Crippen molar-refractivity contribution in [3.8, 4) is 11.5 Å². The summed E-state index contributed by atoms with van der Waals surface area (Å²) in [4.78, 5) is 34.3. The molecular weight excluding hydrogens is 397 g/mol. The van der Waals surface area contributed by atoms with Crippen molar-refractivity contribution in [2.45, 2.75) is 0 Å². The second kappa shape index (κ2) is 9.80. The number of esters is 1. The van der Waals surface area contributed by atoms with Crippen molar-refractivity contribution in [1.29, 1.82) is 0 Å². The molecule has 0 aromatic heterocycles. The largest absolute Gasteiger partial charge is 0.493 e. The van der Waals surface area contributed by atoms with Gasteiger partial charge in [0.25, 0.3) is 5.91 Å². The summed E-state index contributed by atoms with van der Waals surface area (Å²) in [7, 11) is 1.41. The van der Waals surface area contributed by atoms with Gasteiger partial charge in [0, 0.05) is 11.3 Å². The van der Waals surface area contributed by atoms with E-state index in [1.165, 1.54) is 37.4 Å². The van der Waals surface area contributed by atoms with Gasteiger partial charge in [-0.1, -0.05) is 23.2 Å². The van der Waals surface area contributed by atoms with Gasteiger partial charge in [-0.2, -0.15) is 0 Å². The second-order valence-electron chi connectivity index (χ2n) is 5.15. The molecule has 0 aliphatic heterocycles. The highest BCUT2D eigenvalue weighted by atomic mass is 35.5. The molecule has 142 valence electrons. The van der Waals surface area contributed by atoms with Crippen molar-refractivity contribution in [3.05, 3.63) is 52.0 Å². The molecule has 2 aromatic rings. The molecule has 0 radical (unpaired) electrons. The molecule has 0 atom stereocenters. The number of rotatable bonds is 8. The molecule has 0 heterocycles. The normalized spacial score (nSPS) is 10.0. The molecule has 0 aliphatic rings. The van der Waals surface area contributed by atoms with E-state index >= 15 is 0 Å². The number of amides is 1. The Balaban J connectivity index is 1.81. The van der Waals surface area contributed by atoms with Gasteiger partial charge in [0.15, 0.2) is 24.7 Å². The molecule has 0 unspecified atom stereocenters. The Morgan fingerprint density at radius 1 is 1.04 bits per heavy atom. The first kappa shape index (κ1) is 20.5. The summed E-state index contributed by atoms with van der Waals surface area (Å²) in [6.45, 7) is -0.930. The SMILES string of the molecule is COc1cc(C=O)ccc1OCC(=O)OCC(=O)Nc1ccc(Cl)c(Cl)c1. The summed E-state index contributed by atoms with van der Waals surface area (Å²) in [6.07, 6.45) is 0.660. The number of ether oxygens (including phenoxy) is 3. The zero-order valence-electron chi connectivity index (χ0n) is 14.2. The third-order valence-corrected chi connectivity index (χ3v) is 3.98. The Labute approximate surface area is 165 Å². The molecule has 9 heteroatoms. The van der Waals surface area contributed by atoms with E-state index in [0.29, 0.717) is 28.3 Å². The zero-order chi connectivity index (χ0) is 19.8. The number of hydrogen-bond acceptors (Lipinski definition) is 6. The van der Waals surface area contributed by atoms with Crippen LogP contribution in [0.1, 0.15) is 10.4 Å². The summed E-state index contributed by atoms with van der Waals surface area (Å²) in [5.41, 5.74) is 0.822. The van der Waals surface area contributed by atoms with E-state index in [1.807, 2.05) is 0 Å². The molecule has 0 spiro atoms. The molecule has 7 nitrogen and oxygen atoms in total. The topological polar surface area (TPSA) is 90.9 Å². The van der Waals surface area contributed by atoms with Crippen molar-refractivity contribution in [2.75, 3.05) is 25.6 Å². The lowest BCUT2D eigenvalue weighted by molar-refractivity contribution is -0.149. The standard InChI is InChI=1S/C18H15Cl2NO6/c1-25-16-6-11(8-22)2-5-15(16)26-10-18(24)27-9-17(23)21-12-3-4-13(19)14(20)7-12/h2-8H,9-10H2,1H3,(H,21,23). The number of anilines is 1. The third-order valence-electron chi connectivity index (χ3n) is 3.24.